The molecular weight excluding hydrogens is 508 g/mol. The van der Waals surface area contributed by atoms with Gasteiger partial charge in [-0.25, -0.2) is 9.18 Å². The lowest BCUT2D eigenvalue weighted by Crippen LogP contribution is -2.58. The maximum atomic E-state index is 13.9. The van der Waals surface area contributed by atoms with Gasteiger partial charge in [0, 0.05) is 31.8 Å². The van der Waals surface area contributed by atoms with E-state index >= 15 is 0 Å². The van der Waals surface area contributed by atoms with E-state index in [0.29, 0.717) is 32.1 Å². The molecule has 2 aliphatic heterocycles. The Labute approximate surface area is 217 Å². The second-order valence-corrected chi connectivity index (χ2v) is 10.3. The van der Waals surface area contributed by atoms with E-state index in [9.17, 15) is 27.6 Å². The number of piperidine rings is 1. The van der Waals surface area contributed by atoms with Crippen molar-refractivity contribution in [1.82, 2.24) is 9.88 Å². The molecule has 3 heterocycles. The first kappa shape index (κ1) is 27.4. The van der Waals surface area contributed by atoms with Crippen molar-refractivity contribution in [3.63, 3.8) is 0 Å². The number of hydrogen-bond donors (Lipinski definition) is 0. The lowest BCUT2D eigenvalue weighted by molar-refractivity contribution is -0.137. The van der Waals surface area contributed by atoms with Gasteiger partial charge in [0.15, 0.2) is 5.82 Å². The summed E-state index contributed by atoms with van der Waals surface area (Å²) < 4.78 is 72.3. The van der Waals surface area contributed by atoms with Crippen molar-refractivity contribution in [1.29, 1.82) is 5.26 Å². The van der Waals surface area contributed by atoms with Gasteiger partial charge in [-0.05, 0) is 45.7 Å². The van der Waals surface area contributed by atoms with Crippen LogP contribution in [0.1, 0.15) is 44.7 Å². The molecule has 1 aromatic heterocycles. The van der Waals surface area contributed by atoms with Crippen LogP contribution in [0.25, 0.3) is 0 Å². The maximum absolute atomic E-state index is 13.9. The van der Waals surface area contributed by atoms with Crippen LogP contribution < -0.4 is 9.64 Å². The number of alkyl halides is 3. The third-order valence-electron chi connectivity index (χ3n) is 6.29. The Morgan fingerprint density at radius 1 is 1.16 bits per heavy atom. The molecule has 2 aromatic rings. The number of aromatic nitrogens is 1. The molecule has 1 amide bonds. The van der Waals surface area contributed by atoms with Crippen LogP contribution in [0.15, 0.2) is 30.3 Å². The van der Waals surface area contributed by atoms with E-state index in [4.69, 9.17) is 14.2 Å². The van der Waals surface area contributed by atoms with Crippen LogP contribution in [-0.4, -0.2) is 60.0 Å². The zero-order valence-electron chi connectivity index (χ0n) is 21.3. The Hall–Kier alpha value is -3.59. The number of anilines is 1. The van der Waals surface area contributed by atoms with E-state index in [2.05, 4.69) is 4.98 Å². The summed E-state index contributed by atoms with van der Waals surface area (Å²) in [6, 6.07) is 7.22. The summed E-state index contributed by atoms with van der Waals surface area (Å²) in [4.78, 5) is 20.0. The minimum Gasteiger partial charge on any atom is -0.444 e. The van der Waals surface area contributed by atoms with Gasteiger partial charge < -0.3 is 24.0 Å². The average Bonchev–Trinajstić information content (AvgIpc) is 2.82. The van der Waals surface area contributed by atoms with Crippen LogP contribution >= 0.6 is 0 Å². The van der Waals surface area contributed by atoms with Gasteiger partial charge in [0.05, 0.1) is 24.3 Å². The maximum Gasteiger partial charge on any atom is 0.418 e. The molecule has 0 bridgehead atoms. The summed E-state index contributed by atoms with van der Waals surface area (Å²) in [5, 5.41) is 9.65. The highest BCUT2D eigenvalue weighted by atomic mass is 19.4. The molecule has 204 valence electrons. The van der Waals surface area contributed by atoms with Crippen molar-refractivity contribution in [2.24, 2.45) is 0 Å². The molecule has 0 radical (unpaired) electrons. The van der Waals surface area contributed by atoms with E-state index in [1.165, 1.54) is 18.2 Å². The summed E-state index contributed by atoms with van der Waals surface area (Å²) >= 11 is 0. The van der Waals surface area contributed by atoms with Crippen LogP contribution in [0.5, 0.6) is 11.6 Å². The fourth-order valence-electron chi connectivity index (χ4n) is 4.53. The topological polar surface area (TPSA) is 87.9 Å². The molecule has 0 saturated carbocycles. The molecule has 8 nitrogen and oxygen atoms in total. The number of benzene rings is 1. The number of rotatable bonds is 3. The molecule has 12 heteroatoms. The molecule has 0 N–H and O–H groups in total. The summed E-state index contributed by atoms with van der Waals surface area (Å²) in [6.07, 6.45) is -4.53. The van der Waals surface area contributed by atoms with Gasteiger partial charge >= 0.3 is 12.3 Å². The first-order chi connectivity index (χ1) is 17.8. The molecule has 2 aliphatic rings. The molecule has 4 rings (SSSR count). The zero-order chi connectivity index (χ0) is 27.7. The second kappa shape index (κ2) is 10.3. The summed E-state index contributed by atoms with van der Waals surface area (Å²) in [5.74, 6) is -1.25. The van der Waals surface area contributed by atoms with Crippen LogP contribution in [0.3, 0.4) is 0 Å². The van der Waals surface area contributed by atoms with E-state index in [0.717, 1.165) is 6.07 Å². The van der Waals surface area contributed by atoms with Crippen LogP contribution in [0.2, 0.25) is 0 Å². The monoisotopic (exact) mass is 536 g/mol. The Morgan fingerprint density at radius 3 is 2.47 bits per heavy atom. The smallest absolute Gasteiger partial charge is 0.418 e. The quantitative estimate of drug-likeness (QED) is 0.478. The highest BCUT2D eigenvalue weighted by Gasteiger charge is 2.43. The number of pyridine rings is 1. The minimum absolute atomic E-state index is 0.0308. The normalized spacial score (nSPS) is 17.7. The van der Waals surface area contributed by atoms with Gasteiger partial charge in [0.2, 0.25) is 5.88 Å². The summed E-state index contributed by atoms with van der Waals surface area (Å²) in [7, 11) is 0. The molecule has 0 unspecified atom stereocenters. The Kier molecular flexibility index (Phi) is 7.43. The standard InChI is InChI=1S/C26H28F4N4O4/c1-24(2,3)38-23(35)34-11-12-36-25(16-34)7-9-33(10-8-25)22-19(15-31)20(26(28,29)30)14-21(32-22)37-18-6-4-5-17(27)13-18/h4-6,13-14H,7-12,16H2,1-3H3. The van der Waals surface area contributed by atoms with Gasteiger partial charge in [-0.15, -0.1) is 0 Å². The largest absolute Gasteiger partial charge is 0.444 e. The lowest BCUT2D eigenvalue weighted by atomic mass is 9.89. The van der Waals surface area contributed by atoms with Crippen LogP contribution in [0.4, 0.5) is 28.2 Å². The number of carbonyl (C=O) groups excluding carboxylic acids is 1. The highest BCUT2D eigenvalue weighted by Crippen LogP contribution is 2.40. The van der Waals surface area contributed by atoms with Gasteiger partial charge in [0.25, 0.3) is 0 Å². The number of nitriles is 1. The van der Waals surface area contributed by atoms with Gasteiger partial charge in [-0.1, -0.05) is 6.07 Å². The van der Waals surface area contributed by atoms with Crippen LogP contribution in [0, 0.1) is 17.1 Å². The SMILES string of the molecule is CC(C)(C)OC(=O)N1CCOC2(CCN(c3nc(Oc4cccc(F)c4)cc(C(F)(F)F)c3C#N)CC2)C1. The van der Waals surface area contributed by atoms with Gasteiger partial charge in [-0.3, -0.25) is 0 Å². The molecular formula is C26H28F4N4O4. The van der Waals surface area contributed by atoms with E-state index in [1.807, 2.05) is 0 Å². The average molecular weight is 537 g/mol. The lowest BCUT2D eigenvalue weighted by Gasteiger charge is -2.47. The second-order valence-electron chi connectivity index (χ2n) is 10.3. The molecule has 0 aliphatic carbocycles. The fourth-order valence-corrected chi connectivity index (χ4v) is 4.53. The Morgan fingerprint density at radius 2 is 1.87 bits per heavy atom. The van der Waals surface area contributed by atoms with Crippen LogP contribution in [-0.2, 0) is 15.7 Å². The predicted octanol–water partition coefficient (Wildman–Crippen LogP) is 5.51. The van der Waals surface area contributed by atoms with Crippen molar-refractivity contribution in [2.45, 2.75) is 51.0 Å². The molecule has 1 aromatic carbocycles. The molecule has 1 spiro atoms. The van der Waals surface area contributed by atoms with Crippen molar-refractivity contribution in [3.8, 4) is 17.7 Å². The first-order valence-corrected chi connectivity index (χ1v) is 12.1. The molecule has 0 atom stereocenters. The number of ether oxygens (including phenoxy) is 3. The number of carbonyl (C=O) groups is 1. The third kappa shape index (κ3) is 6.27. The molecule has 38 heavy (non-hydrogen) atoms. The number of nitrogens with zero attached hydrogens (tertiary/aromatic N) is 4. The minimum atomic E-state index is -4.85. The van der Waals surface area contributed by atoms with Crippen molar-refractivity contribution >= 4 is 11.9 Å². The number of amides is 1. The third-order valence-corrected chi connectivity index (χ3v) is 6.29. The van der Waals surface area contributed by atoms with Crippen molar-refractivity contribution in [2.75, 3.05) is 37.7 Å². The first-order valence-electron chi connectivity index (χ1n) is 12.1. The van der Waals surface area contributed by atoms with Gasteiger partial charge in [0.1, 0.15) is 28.8 Å². The highest BCUT2D eigenvalue weighted by molar-refractivity contribution is 5.68. The van der Waals surface area contributed by atoms with Gasteiger partial charge in [-0.2, -0.15) is 23.4 Å². The molecule has 2 saturated heterocycles. The summed E-state index contributed by atoms with van der Waals surface area (Å²) in [5.41, 5.74) is -3.16. The predicted molar refractivity (Wildman–Crippen MR) is 128 cm³/mol. The number of hydrogen-bond acceptors (Lipinski definition) is 7. The van der Waals surface area contributed by atoms with E-state index < -0.39 is 46.3 Å². The number of halogens is 4. The van der Waals surface area contributed by atoms with Crippen molar-refractivity contribution < 1.29 is 36.6 Å². The number of morpholine rings is 1. The Bertz CT molecular complexity index is 1230. The zero-order valence-corrected chi connectivity index (χ0v) is 21.3. The van der Waals surface area contributed by atoms with Crippen molar-refractivity contribution in [3.05, 3.63) is 47.3 Å². The van der Waals surface area contributed by atoms with E-state index in [-0.39, 0.29) is 31.2 Å². The summed E-state index contributed by atoms with van der Waals surface area (Å²) in [6.45, 7) is 6.74. The molecule has 2 fully saturated rings. The Balaban J connectivity index is 1.58. The fraction of sp³-hybridized carbons (Fsp3) is 0.500. The van der Waals surface area contributed by atoms with E-state index in [1.54, 1.807) is 36.6 Å².